The van der Waals surface area contributed by atoms with E-state index < -0.39 is 0 Å². The number of thioether (sulfide) groups is 1. The standard InChI is InChI=1S/C15H15N7OS/c1-21-19-13(18-20-21)10-2-4-11(5-3-10)14(23)16-8-12-9-22-6-7-24-15(22)17-12/h2-5,9H,6-8H2,1H3,(H,16,23). The Balaban J connectivity index is 1.40. The zero-order valence-electron chi connectivity index (χ0n) is 13.0. The first kappa shape index (κ1) is 14.9. The van der Waals surface area contributed by atoms with Gasteiger partial charge in [-0.15, -0.1) is 10.2 Å². The molecule has 0 spiro atoms. The minimum atomic E-state index is -0.130. The van der Waals surface area contributed by atoms with Gasteiger partial charge in [-0.3, -0.25) is 4.79 Å². The smallest absolute Gasteiger partial charge is 0.251 e. The summed E-state index contributed by atoms with van der Waals surface area (Å²) in [6, 6.07) is 7.13. The van der Waals surface area contributed by atoms with Crippen LogP contribution in [0.3, 0.4) is 0 Å². The van der Waals surface area contributed by atoms with Gasteiger partial charge in [0.2, 0.25) is 5.82 Å². The van der Waals surface area contributed by atoms with Crippen molar-refractivity contribution >= 4 is 17.7 Å². The summed E-state index contributed by atoms with van der Waals surface area (Å²) in [6.07, 6.45) is 2.00. The van der Waals surface area contributed by atoms with Crippen molar-refractivity contribution < 1.29 is 4.79 Å². The van der Waals surface area contributed by atoms with Crippen LogP contribution >= 0.6 is 11.8 Å². The molecule has 1 amide bonds. The molecular weight excluding hydrogens is 326 g/mol. The molecule has 4 rings (SSSR count). The third-order valence-electron chi connectivity index (χ3n) is 3.70. The van der Waals surface area contributed by atoms with Gasteiger partial charge >= 0.3 is 0 Å². The Kier molecular flexibility index (Phi) is 3.77. The molecule has 0 atom stereocenters. The van der Waals surface area contributed by atoms with Crippen LogP contribution in [0.25, 0.3) is 11.4 Å². The zero-order valence-corrected chi connectivity index (χ0v) is 13.8. The third kappa shape index (κ3) is 2.90. The number of imidazole rings is 1. The van der Waals surface area contributed by atoms with Crippen LogP contribution in [0, 0.1) is 0 Å². The summed E-state index contributed by atoms with van der Waals surface area (Å²) in [7, 11) is 1.71. The molecule has 0 saturated carbocycles. The average Bonchev–Trinajstić information content (AvgIpc) is 3.28. The maximum Gasteiger partial charge on any atom is 0.251 e. The highest BCUT2D eigenvalue weighted by Gasteiger charge is 2.15. The predicted molar refractivity (Wildman–Crippen MR) is 88.4 cm³/mol. The summed E-state index contributed by atoms with van der Waals surface area (Å²) in [4.78, 5) is 18.1. The number of carbonyl (C=O) groups excluding carboxylic acids is 1. The van der Waals surface area contributed by atoms with Gasteiger partial charge in [0.25, 0.3) is 5.91 Å². The van der Waals surface area contributed by atoms with Crippen LogP contribution in [-0.4, -0.2) is 41.4 Å². The summed E-state index contributed by atoms with van der Waals surface area (Å²) in [5, 5.41) is 15.8. The maximum atomic E-state index is 12.2. The number of tetrazole rings is 1. The van der Waals surface area contributed by atoms with E-state index in [-0.39, 0.29) is 5.91 Å². The fraction of sp³-hybridized carbons (Fsp3) is 0.267. The molecule has 3 heterocycles. The fourth-order valence-corrected chi connectivity index (χ4v) is 3.45. The van der Waals surface area contributed by atoms with Gasteiger partial charge in [-0.2, -0.15) is 4.80 Å². The minimum Gasteiger partial charge on any atom is -0.346 e. The van der Waals surface area contributed by atoms with E-state index >= 15 is 0 Å². The fourth-order valence-electron chi connectivity index (χ4n) is 2.49. The molecule has 2 aromatic heterocycles. The van der Waals surface area contributed by atoms with Crippen molar-refractivity contribution in [3.63, 3.8) is 0 Å². The Bertz CT molecular complexity index is 862. The Morgan fingerprint density at radius 2 is 2.17 bits per heavy atom. The first-order valence-corrected chi connectivity index (χ1v) is 8.49. The van der Waals surface area contributed by atoms with Crippen molar-refractivity contribution in [2.24, 2.45) is 7.05 Å². The molecule has 8 nitrogen and oxygen atoms in total. The molecule has 3 aromatic rings. The van der Waals surface area contributed by atoms with Gasteiger partial charge in [0.05, 0.1) is 19.3 Å². The average molecular weight is 341 g/mol. The van der Waals surface area contributed by atoms with Crippen LogP contribution in [-0.2, 0) is 20.1 Å². The minimum absolute atomic E-state index is 0.130. The second kappa shape index (κ2) is 6.08. The predicted octanol–water partition coefficient (Wildman–Crippen LogP) is 1.11. The van der Waals surface area contributed by atoms with Crippen molar-refractivity contribution in [3.8, 4) is 11.4 Å². The number of hydrogen-bond donors (Lipinski definition) is 1. The van der Waals surface area contributed by atoms with E-state index in [0.29, 0.717) is 17.9 Å². The molecule has 9 heteroatoms. The van der Waals surface area contributed by atoms with Gasteiger partial charge in [0.15, 0.2) is 5.16 Å². The summed E-state index contributed by atoms with van der Waals surface area (Å²) in [5.41, 5.74) is 2.29. The van der Waals surface area contributed by atoms with Crippen LogP contribution in [0.5, 0.6) is 0 Å². The van der Waals surface area contributed by atoms with Crippen LogP contribution in [0.15, 0.2) is 35.6 Å². The van der Waals surface area contributed by atoms with Crippen LogP contribution in [0.4, 0.5) is 0 Å². The number of carbonyl (C=O) groups is 1. The number of amides is 1. The first-order valence-electron chi connectivity index (χ1n) is 7.50. The highest BCUT2D eigenvalue weighted by molar-refractivity contribution is 7.99. The normalized spacial score (nSPS) is 13.0. The van der Waals surface area contributed by atoms with Gasteiger partial charge in [-0.05, 0) is 17.3 Å². The molecule has 1 aliphatic heterocycles. The number of nitrogens with zero attached hydrogens (tertiary/aromatic N) is 6. The highest BCUT2D eigenvalue weighted by atomic mass is 32.2. The lowest BCUT2D eigenvalue weighted by Crippen LogP contribution is -2.22. The molecule has 1 aliphatic rings. The molecule has 24 heavy (non-hydrogen) atoms. The molecule has 0 aliphatic carbocycles. The second-order valence-electron chi connectivity index (χ2n) is 5.42. The number of fused-ring (bicyclic) bond motifs is 1. The molecule has 1 aromatic carbocycles. The van der Waals surface area contributed by atoms with Crippen molar-refractivity contribution in [1.29, 1.82) is 0 Å². The van der Waals surface area contributed by atoms with Gasteiger partial charge in [0, 0.05) is 29.6 Å². The van der Waals surface area contributed by atoms with E-state index in [9.17, 15) is 4.79 Å². The Hall–Kier alpha value is -2.68. The first-order chi connectivity index (χ1) is 11.7. The lowest BCUT2D eigenvalue weighted by atomic mass is 10.1. The van der Waals surface area contributed by atoms with Gasteiger partial charge in [0.1, 0.15) is 0 Å². The van der Waals surface area contributed by atoms with Crippen molar-refractivity contribution in [2.75, 3.05) is 5.75 Å². The molecular formula is C15H15N7OS. The van der Waals surface area contributed by atoms with Gasteiger partial charge in [-0.25, -0.2) is 4.98 Å². The van der Waals surface area contributed by atoms with Crippen LogP contribution < -0.4 is 5.32 Å². The van der Waals surface area contributed by atoms with E-state index in [0.717, 1.165) is 28.7 Å². The summed E-state index contributed by atoms with van der Waals surface area (Å²) in [5.74, 6) is 1.48. The molecule has 0 fully saturated rings. The third-order valence-corrected chi connectivity index (χ3v) is 4.67. The highest BCUT2D eigenvalue weighted by Crippen LogP contribution is 2.24. The van der Waals surface area contributed by atoms with E-state index in [4.69, 9.17) is 0 Å². The largest absolute Gasteiger partial charge is 0.346 e. The Labute approximate surface area is 142 Å². The lowest BCUT2D eigenvalue weighted by molar-refractivity contribution is 0.0950. The molecule has 0 saturated heterocycles. The topological polar surface area (TPSA) is 90.5 Å². The quantitative estimate of drug-likeness (QED) is 0.764. The number of hydrogen-bond acceptors (Lipinski definition) is 6. The number of aromatic nitrogens is 6. The van der Waals surface area contributed by atoms with Gasteiger partial charge < -0.3 is 9.88 Å². The monoisotopic (exact) mass is 341 g/mol. The van der Waals surface area contributed by atoms with Crippen molar-refractivity contribution in [2.45, 2.75) is 18.2 Å². The molecule has 1 N–H and O–H groups in total. The summed E-state index contributed by atoms with van der Waals surface area (Å²) < 4.78 is 2.12. The lowest BCUT2D eigenvalue weighted by Gasteiger charge is -2.04. The molecule has 122 valence electrons. The Morgan fingerprint density at radius 1 is 1.33 bits per heavy atom. The van der Waals surface area contributed by atoms with Crippen molar-refractivity contribution in [3.05, 3.63) is 41.7 Å². The van der Waals surface area contributed by atoms with Crippen LogP contribution in [0.1, 0.15) is 16.1 Å². The van der Waals surface area contributed by atoms with E-state index in [1.54, 1.807) is 30.9 Å². The molecule has 0 bridgehead atoms. The summed E-state index contributed by atoms with van der Waals surface area (Å²) in [6.45, 7) is 1.41. The van der Waals surface area contributed by atoms with E-state index in [1.165, 1.54) is 4.80 Å². The Morgan fingerprint density at radius 3 is 2.88 bits per heavy atom. The number of benzene rings is 1. The molecule has 0 unspecified atom stereocenters. The summed E-state index contributed by atoms with van der Waals surface area (Å²) >= 11 is 1.74. The van der Waals surface area contributed by atoms with Crippen LogP contribution in [0.2, 0.25) is 0 Å². The second-order valence-corrected chi connectivity index (χ2v) is 6.48. The van der Waals surface area contributed by atoms with E-state index in [1.807, 2.05) is 18.3 Å². The van der Waals surface area contributed by atoms with E-state index in [2.05, 4.69) is 30.3 Å². The SMILES string of the molecule is Cn1nnc(-c2ccc(C(=O)NCc3cn4c(n3)SCC4)cc2)n1. The van der Waals surface area contributed by atoms with Crippen molar-refractivity contribution in [1.82, 2.24) is 35.1 Å². The number of aryl methyl sites for hydroxylation is 2. The zero-order chi connectivity index (χ0) is 16.5. The number of nitrogens with one attached hydrogen (secondary N) is 1. The van der Waals surface area contributed by atoms with Gasteiger partial charge in [-0.1, -0.05) is 23.9 Å². The number of rotatable bonds is 4. The molecule has 0 radical (unpaired) electrons. The maximum absolute atomic E-state index is 12.2.